The molecule has 0 atom stereocenters. The van der Waals surface area contributed by atoms with E-state index in [2.05, 4.69) is 5.32 Å². The molecule has 0 saturated carbocycles. The summed E-state index contributed by atoms with van der Waals surface area (Å²) in [5, 5.41) is 2.91. The number of rotatable bonds is 8. The molecule has 1 aliphatic heterocycles. The van der Waals surface area contributed by atoms with E-state index in [1.807, 2.05) is 0 Å². The number of nitrogens with one attached hydrogen (secondary N) is 1. The third-order valence-electron chi connectivity index (χ3n) is 4.30. The second-order valence-corrected chi connectivity index (χ2v) is 5.75. The van der Waals surface area contributed by atoms with Crippen LogP contribution in [0.4, 0.5) is 0 Å². The number of carbonyl (C=O) groups excluding carboxylic acids is 1. The van der Waals surface area contributed by atoms with Crippen LogP contribution in [0.5, 0.6) is 17.2 Å². The topological polar surface area (TPSA) is 92.0 Å². The fourth-order valence-corrected chi connectivity index (χ4v) is 2.67. The lowest BCUT2D eigenvalue weighted by Crippen LogP contribution is -2.49. The van der Waals surface area contributed by atoms with Crippen LogP contribution in [0.1, 0.15) is 12.8 Å². The molecule has 1 aliphatic rings. The Kier molecular flexibility index (Phi) is 6.69. The molecule has 0 aromatic heterocycles. The Labute approximate surface area is 142 Å². The van der Waals surface area contributed by atoms with Crippen LogP contribution in [0.2, 0.25) is 0 Å². The lowest BCUT2D eigenvalue weighted by atomic mass is 9.79. The van der Waals surface area contributed by atoms with Crippen LogP contribution in [0.25, 0.3) is 0 Å². The number of methoxy groups -OCH3 is 2. The van der Waals surface area contributed by atoms with Crippen LogP contribution in [0.3, 0.4) is 0 Å². The zero-order valence-corrected chi connectivity index (χ0v) is 14.3. The SMILES string of the molecule is COc1cc(OC)cc(OCCNC(=O)C2(CN)CCOCC2)c1. The summed E-state index contributed by atoms with van der Waals surface area (Å²) in [7, 11) is 3.16. The largest absolute Gasteiger partial charge is 0.496 e. The Morgan fingerprint density at radius 3 is 2.29 bits per heavy atom. The summed E-state index contributed by atoms with van der Waals surface area (Å²) in [5.41, 5.74) is 5.31. The lowest BCUT2D eigenvalue weighted by molar-refractivity contribution is -0.136. The molecule has 1 heterocycles. The number of hydrogen-bond donors (Lipinski definition) is 2. The van der Waals surface area contributed by atoms with Crippen molar-refractivity contribution < 1.29 is 23.7 Å². The van der Waals surface area contributed by atoms with Gasteiger partial charge in [-0.15, -0.1) is 0 Å². The third-order valence-corrected chi connectivity index (χ3v) is 4.30. The summed E-state index contributed by atoms with van der Waals surface area (Å²) in [4.78, 5) is 12.4. The van der Waals surface area contributed by atoms with Crippen LogP contribution in [0, 0.1) is 5.41 Å². The first kappa shape index (κ1) is 18.4. The molecule has 1 aromatic carbocycles. The second kappa shape index (κ2) is 8.75. The molecule has 3 N–H and O–H groups in total. The van der Waals surface area contributed by atoms with Gasteiger partial charge in [0.1, 0.15) is 23.9 Å². The maximum absolute atomic E-state index is 12.4. The minimum atomic E-state index is -0.516. The lowest BCUT2D eigenvalue weighted by Gasteiger charge is -2.34. The fraction of sp³-hybridized carbons (Fsp3) is 0.588. The summed E-state index contributed by atoms with van der Waals surface area (Å²) in [5.74, 6) is 1.90. The van der Waals surface area contributed by atoms with Crippen molar-refractivity contribution in [2.24, 2.45) is 11.1 Å². The Hall–Kier alpha value is -1.99. The van der Waals surface area contributed by atoms with E-state index < -0.39 is 5.41 Å². The molecule has 1 saturated heterocycles. The van der Waals surface area contributed by atoms with Crippen molar-refractivity contribution in [3.8, 4) is 17.2 Å². The van der Waals surface area contributed by atoms with E-state index in [4.69, 9.17) is 24.7 Å². The van der Waals surface area contributed by atoms with Crippen molar-refractivity contribution in [3.63, 3.8) is 0 Å². The normalized spacial score (nSPS) is 16.3. The van der Waals surface area contributed by atoms with Gasteiger partial charge in [-0.25, -0.2) is 0 Å². The summed E-state index contributed by atoms with van der Waals surface area (Å²) in [6.07, 6.45) is 1.31. The van der Waals surface area contributed by atoms with Gasteiger partial charge in [0.25, 0.3) is 0 Å². The van der Waals surface area contributed by atoms with Gasteiger partial charge in [0.05, 0.1) is 26.2 Å². The number of amides is 1. The van der Waals surface area contributed by atoms with Gasteiger partial charge in [-0.3, -0.25) is 4.79 Å². The molecule has 24 heavy (non-hydrogen) atoms. The molecule has 0 radical (unpaired) electrons. The third kappa shape index (κ3) is 4.52. The van der Waals surface area contributed by atoms with Gasteiger partial charge in [0.15, 0.2) is 0 Å². The molecule has 1 fully saturated rings. The smallest absolute Gasteiger partial charge is 0.227 e. The highest BCUT2D eigenvalue weighted by Crippen LogP contribution is 2.29. The highest BCUT2D eigenvalue weighted by Gasteiger charge is 2.38. The van der Waals surface area contributed by atoms with E-state index in [0.29, 0.717) is 63.0 Å². The van der Waals surface area contributed by atoms with Crippen molar-refractivity contribution in [1.82, 2.24) is 5.32 Å². The molecule has 1 amide bonds. The Balaban J connectivity index is 1.83. The van der Waals surface area contributed by atoms with E-state index in [1.165, 1.54) is 0 Å². The Morgan fingerprint density at radius 2 is 1.75 bits per heavy atom. The molecule has 7 heteroatoms. The quantitative estimate of drug-likeness (QED) is 0.686. The Bertz CT molecular complexity index is 522. The summed E-state index contributed by atoms with van der Waals surface area (Å²) in [6.45, 7) is 2.23. The summed E-state index contributed by atoms with van der Waals surface area (Å²) >= 11 is 0. The molecule has 0 spiro atoms. The molecular weight excluding hydrogens is 312 g/mol. The monoisotopic (exact) mass is 338 g/mol. The highest BCUT2D eigenvalue weighted by molar-refractivity contribution is 5.83. The highest BCUT2D eigenvalue weighted by atomic mass is 16.5. The molecule has 0 unspecified atom stereocenters. The van der Waals surface area contributed by atoms with E-state index in [9.17, 15) is 4.79 Å². The zero-order valence-electron chi connectivity index (χ0n) is 14.3. The van der Waals surface area contributed by atoms with Gasteiger partial charge in [-0.05, 0) is 12.8 Å². The minimum Gasteiger partial charge on any atom is -0.496 e. The number of benzene rings is 1. The van der Waals surface area contributed by atoms with Crippen LogP contribution in [0.15, 0.2) is 18.2 Å². The first-order chi connectivity index (χ1) is 11.6. The van der Waals surface area contributed by atoms with Crippen molar-refractivity contribution in [1.29, 1.82) is 0 Å². The van der Waals surface area contributed by atoms with Gasteiger partial charge in [-0.1, -0.05) is 0 Å². The number of carbonyl (C=O) groups is 1. The van der Waals surface area contributed by atoms with Crippen molar-refractivity contribution >= 4 is 5.91 Å². The van der Waals surface area contributed by atoms with Gasteiger partial charge in [-0.2, -0.15) is 0 Å². The summed E-state index contributed by atoms with van der Waals surface area (Å²) < 4.78 is 21.4. The van der Waals surface area contributed by atoms with Crippen molar-refractivity contribution in [2.45, 2.75) is 12.8 Å². The van der Waals surface area contributed by atoms with Crippen LogP contribution in [-0.2, 0) is 9.53 Å². The van der Waals surface area contributed by atoms with Gasteiger partial charge in [0.2, 0.25) is 5.91 Å². The standard InChI is InChI=1S/C17H26N2O5/c1-21-13-9-14(22-2)11-15(10-13)24-8-5-19-16(20)17(12-18)3-6-23-7-4-17/h9-11H,3-8,12,18H2,1-2H3,(H,19,20). The van der Waals surface area contributed by atoms with Crippen LogP contribution in [-0.4, -0.2) is 53.0 Å². The predicted octanol–water partition coefficient (Wildman–Crippen LogP) is 0.954. The van der Waals surface area contributed by atoms with Gasteiger partial charge < -0.3 is 30.0 Å². The van der Waals surface area contributed by atoms with Gasteiger partial charge >= 0.3 is 0 Å². The van der Waals surface area contributed by atoms with E-state index in [0.717, 1.165) is 0 Å². The predicted molar refractivity (Wildman–Crippen MR) is 89.6 cm³/mol. The molecule has 2 rings (SSSR count). The van der Waals surface area contributed by atoms with Crippen molar-refractivity contribution in [2.75, 3.05) is 47.1 Å². The summed E-state index contributed by atoms with van der Waals surface area (Å²) in [6, 6.07) is 5.30. The van der Waals surface area contributed by atoms with E-state index >= 15 is 0 Å². The minimum absolute atomic E-state index is 0.0277. The second-order valence-electron chi connectivity index (χ2n) is 5.75. The molecule has 7 nitrogen and oxygen atoms in total. The Morgan fingerprint density at radius 1 is 1.17 bits per heavy atom. The molecule has 1 aromatic rings. The van der Waals surface area contributed by atoms with Crippen LogP contribution >= 0.6 is 0 Å². The average molecular weight is 338 g/mol. The molecule has 134 valence electrons. The average Bonchev–Trinajstić information content (AvgIpc) is 2.65. The van der Waals surface area contributed by atoms with Crippen LogP contribution < -0.4 is 25.3 Å². The first-order valence-electron chi connectivity index (χ1n) is 8.05. The molecule has 0 bridgehead atoms. The zero-order chi connectivity index (χ0) is 17.4. The first-order valence-corrected chi connectivity index (χ1v) is 8.05. The van der Waals surface area contributed by atoms with E-state index in [1.54, 1.807) is 32.4 Å². The number of hydrogen-bond acceptors (Lipinski definition) is 6. The maximum Gasteiger partial charge on any atom is 0.227 e. The van der Waals surface area contributed by atoms with Crippen molar-refractivity contribution in [3.05, 3.63) is 18.2 Å². The number of ether oxygens (including phenoxy) is 4. The maximum atomic E-state index is 12.4. The molecule has 0 aliphatic carbocycles. The molecular formula is C17H26N2O5. The number of nitrogens with two attached hydrogens (primary N) is 1. The van der Waals surface area contributed by atoms with Gasteiger partial charge in [0, 0.05) is 38.0 Å². The van der Waals surface area contributed by atoms with E-state index in [-0.39, 0.29) is 5.91 Å². The fourth-order valence-electron chi connectivity index (χ4n) is 2.67.